The molecular formula is C12H17ClN2. The first-order valence-electron chi connectivity index (χ1n) is 5.14. The van der Waals surface area contributed by atoms with Crippen LogP contribution in [0.25, 0.3) is 10.9 Å². The number of benzene rings is 1. The van der Waals surface area contributed by atoms with Crippen molar-refractivity contribution in [3.63, 3.8) is 0 Å². The summed E-state index contributed by atoms with van der Waals surface area (Å²) < 4.78 is 0. The minimum absolute atomic E-state index is 0. The molecule has 0 bridgehead atoms. The molecule has 0 spiro atoms. The van der Waals surface area contributed by atoms with E-state index in [1.807, 2.05) is 6.20 Å². The van der Waals surface area contributed by atoms with E-state index in [-0.39, 0.29) is 18.4 Å². The second-order valence-corrected chi connectivity index (χ2v) is 3.72. The second-order valence-electron chi connectivity index (χ2n) is 3.72. The van der Waals surface area contributed by atoms with Crippen LogP contribution in [0.2, 0.25) is 0 Å². The molecule has 0 amide bonds. The zero-order chi connectivity index (χ0) is 9.97. The Bertz CT molecular complexity index is 422. The molecule has 2 rings (SSSR count). The molecule has 1 aromatic carbocycles. The van der Waals surface area contributed by atoms with Crippen LogP contribution in [-0.4, -0.2) is 4.98 Å². The fraction of sp³-hybridized carbons (Fsp3) is 0.333. The third-order valence-corrected chi connectivity index (χ3v) is 2.61. The number of hydrogen-bond donors (Lipinski definition) is 2. The average molecular weight is 225 g/mol. The molecular weight excluding hydrogens is 208 g/mol. The zero-order valence-corrected chi connectivity index (χ0v) is 9.68. The van der Waals surface area contributed by atoms with E-state index < -0.39 is 0 Å². The van der Waals surface area contributed by atoms with Crippen LogP contribution in [-0.2, 0) is 0 Å². The SMILES string of the molecule is CCC[C@@H](N)c1ccc2[nH]ccc2c1.Cl. The van der Waals surface area contributed by atoms with Gasteiger partial charge in [0.2, 0.25) is 0 Å². The Morgan fingerprint density at radius 3 is 2.87 bits per heavy atom. The maximum Gasteiger partial charge on any atom is 0.0454 e. The van der Waals surface area contributed by atoms with Gasteiger partial charge in [0.25, 0.3) is 0 Å². The number of nitrogens with two attached hydrogens (primary N) is 1. The number of nitrogens with one attached hydrogen (secondary N) is 1. The van der Waals surface area contributed by atoms with Crippen LogP contribution in [0, 0.1) is 0 Å². The topological polar surface area (TPSA) is 41.8 Å². The zero-order valence-electron chi connectivity index (χ0n) is 8.86. The van der Waals surface area contributed by atoms with E-state index in [1.54, 1.807) is 0 Å². The van der Waals surface area contributed by atoms with Crippen LogP contribution in [0.1, 0.15) is 31.4 Å². The molecule has 2 nitrogen and oxygen atoms in total. The Labute approximate surface area is 96.3 Å². The molecule has 1 aromatic heterocycles. The van der Waals surface area contributed by atoms with Gasteiger partial charge in [0.05, 0.1) is 0 Å². The summed E-state index contributed by atoms with van der Waals surface area (Å²) in [6.45, 7) is 2.16. The number of aromatic amines is 1. The standard InChI is InChI=1S/C12H16N2.ClH/c1-2-3-11(13)9-4-5-12-10(8-9)6-7-14-12;/h4-8,11,14H,2-3,13H2,1H3;1H/t11-;/m1./s1. The molecule has 15 heavy (non-hydrogen) atoms. The lowest BCUT2D eigenvalue weighted by atomic mass is 10.0. The van der Waals surface area contributed by atoms with Gasteiger partial charge in [-0.25, -0.2) is 0 Å². The van der Waals surface area contributed by atoms with Crippen molar-refractivity contribution in [3.05, 3.63) is 36.0 Å². The van der Waals surface area contributed by atoms with Gasteiger partial charge < -0.3 is 10.7 Å². The Kier molecular flexibility index (Phi) is 4.18. The van der Waals surface area contributed by atoms with Crippen LogP contribution in [0.5, 0.6) is 0 Å². The summed E-state index contributed by atoms with van der Waals surface area (Å²) in [4.78, 5) is 3.18. The average Bonchev–Trinajstić information content (AvgIpc) is 2.64. The number of hydrogen-bond acceptors (Lipinski definition) is 1. The summed E-state index contributed by atoms with van der Waals surface area (Å²) in [6.07, 6.45) is 4.14. The normalized spacial score (nSPS) is 12.4. The van der Waals surface area contributed by atoms with Crippen molar-refractivity contribution in [3.8, 4) is 0 Å². The van der Waals surface area contributed by atoms with Crippen molar-refractivity contribution in [2.45, 2.75) is 25.8 Å². The molecule has 0 unspecified atom stereocenters. The molecule has 3 heteroatoms. The van der Waals surface area contributed by atoms with Gasteiger partial charge >= 0.3 is 0 Å². The summed E-state index contributed by atoms with van der Waals surface area (Å²) in [7, 11) is 0. The first-order chi connectivity index (χ1) is 6.81. The van der Waals surface area contributed by atoms with Gasteiger partial charge in [-0.1, -0.05) is 19.4 Å². The molecule has 0 saturated carbocycles. The van der Waals surface area contributed by atoms with Gasteiger partial charge in [-0.3, -0.25) is 0 Å². The minimum Gasteiger partial charge on any atom is -0.361 e. The molecule has 0 aliphatic heterocycles. The van der Waals surface area contributed by atoms with Gasteiger partial charge in [0.1, 0.15) is 0 Å². The molecule has 82 valence electrons. The van der Waals surface area contributed by atoms with Crippen LogP contribution in [0.15, 0.2) is 30.5 Å². The lowest BCUT2D eigenvalue weighted by Gasteiger charge is -2.10. The predicted molar refractivity (Wildman–Crippen MR) is 67.4 cm³/mol. The van der Waals surface area contributed by atoms with Crippen molar-refractivity contribution in [2.75, 3.05) is 0 Å². The highest BCUT2D eigenvalue weighted by molar-refractivity contribution is 5.85. The quantitative estimate of drug-likeness (QED) is 0.825. The van der Waals surface area contributed by atoms with E-state index >= 15 is 0 Å². The Morgan fingerprint density at radius 1 is 1.33 bits per heavy atom. The summed E-state index contributed by atoms with van der Waals surface area (Å²) in [5.74, 6) is 0. The number of fused-ring (bicyclic) bond motifs is 1. The molecule has 1 atom stereocenters. The fourth-order valence-electron chi connectivity index (χ4n) is 1.78. The maximum absolute atomic E-state index is 6.06. The third-order valence-electron chi connectivity index (χ3n) is 2.61. The van der Waals surface area contributed by atoms with E-state index in [1.165, 1.54) is 16.5 Å². The van der Waals surface area contributed by atoms with E-state index in [0.29, 0.717) is 0 Å². The predicted octanol–water partition coefficient (Wildman–Crippen LogP) is 3.39. The van der Waals surface area contributed by atoms with E-state index in [2.05, 4.69) is 36.2 Å². The molecule has 2 aromatic rings. The van der Waals surface area contributed by atoms with Crippen molar-refractivity contribution >= 4 is 23.3 Å². The molecule has 0 radical (unpaired) electrons. The Hall–Kier alpha value is -0.990. The molecule has 0 aliphatic rings. The smallest absolute Gasteiger partial charge is 0.0454 e. The number of H-pyrrole nitrogens is 1. The first-order valence-corrected chi connectivity index (χ1v) is 5.14. The van der Waals surface area contributed by atoms with Crippen molar-refractivity contribution in [2.24, 2.45) is 5.73 Å². The first kappa shape index (κ1) is 12.1. The van der Waals surface area contributed by atoms with E-state index in [9.17, 15) is 0 Å². The van der Waals surface area contributed by atoms with Crippen LogP contribution in [0.3, 0.4) is 0 Å². The second kappa shape index (κ2) is 5.19. The molecule has 0 aliphatic carbocycles. The van der Waals surface area contributed by atoms with Crippen LogP contribution in [0.4, 0.5) is 0 Å². The fourth-order valence-corrected chi connectivity index (χ4v) is 1.78. The van der Waals surface area contributed by atoms with E-state index in [0.717, 1.165) is 12.8 Å². The molecule has 0 saturated heterocycles. The number of aromatic nitrogens is 1. The summed E-state index contributed by atoms with van der Waals surface area (Å²) in [5, 5.41) is 1.24. The Balaban J connectivity index is 0.00000112. The van der Waals surface area contributed by atoms with Crippen molar-refractivity contribution in [1.82, 2.24) is 4.98 Å². The van der Waals surface area contributed by atoms with Gasteiger partial charge in [-0.2, -0.15) is 0 Å². The van der Waals surface area contributed by atoms with Crippen LogP contribution < -0.4 is 5.73 Å². The molecule has 0 fully saturated rings. The summed E-state index contributed by atoms with van der Waals surface area (Å²) in [6, 6.07) is 8.64. The maximum atomic E-state index is 6.06. The highest BCUT2D eigenvalue weighted by Gasteiger charge is 2.05. The lowest BCUT2D eigenvalue weighted by Crippen LogP contribution is -2.09. The van der Waals surface area contributed by atoms with Gasteiger partial charge in [-0.05, 0) is 35.6 Å². The van der Waals surface area contributed by atoms with Gasteiger partial charge in [-0.15, -0.1) is 12.4 Å². The minimum atomic E-state index is 0. The largest absolute Gasteiger partial charge is 0.361 e. The van der Waals surface area contributed by atoms with Crippen molar-refractivity contribution < 1.29 is 0 Å². The highest BCUT2D eigenvalue weighted by Crippen LogP contribution is 2.20. The Morgan fingerprint density at radius 2 is 2.13 bits per heavy atom. The van der Waals surface area contributed by atoms with Gasteiger partial charge in [0, 0.05) is 17.8 Å². The van der Waals surface area contributed by atoms with Crippen LogP contribution >= 0.6 is 12.4 Å². The van der Waals surface area contributed by atoms with E-state index in [4.69, 9.17) is 5.73 Å². The highest BCUT2D eigenvalue weighted by atomic mass is 35.5. The number of rotatable bonds is 3. The molecule has 3 N–H and O–H groups in total. The van der Waals surface area contributed by atoms with Crippen molar-refractivity contribution in [1.29, 1.82) is 0 Å². The summed E-state index contributed by atoms with van der Waals surface area (Å²) in [5.41, 5.74) is 8.47. The third kappa shape index (κ3) is 2.52. The molecule has 1 heterocycles. The summed E-state index contributed by atoms with van der Waals surface area (Å²) >= 11 is 0. The van der Waals surface area contributed by atoms with Gasteiger partial charge in [0.15, 0.2) is 0 Å². The monoisotopic (exact) mass is 224 g/mol. The number of halogens is 1. The lowest BCUT2D eigenvalue weighted by molar-refractivity contribution is 0.639.